The van der Waals surface area contributed by atoms with Gasteiger partial charge in [0.25, 0.3) is 0 Å². The van der Waals surface area contributed by atoms with Gasteiger partial charge in [0, 0.05) is 28.3 Å². The quantitative estimate of drug-likeness (QED) is 0.261. The normalized spacial score (nSPS) is 12.0. The van der Waals surface area contributed by atoms with Crippen LogP contribution in [0.5, 0.6) is 0 Å². The van der Waals surface area contributed by atoms with E-state index in [2.05, 4.69) is 51.4 Å². The standard InChI is InChI=1S/C21H15N3O2P2S2/c25-10-27-20-6-5-14(23-20)17-8-19-18(30-17)7-16(29-19)13-3-1-12(2-4-13)15-9-22-21(24-15)28-11-26/h1-11,23,27-28H,(H,22,24). The van der Waals surface area contributed by atoms with E-state index in [9.17, 15) is 9.59 Å². The lowest BCUT2D eigenvalue weighted by Crippen LogP contribution is -1.97. The van der Waals surface area contributed by atoms with Gasteiger partial charge in [-0.2, -0.15) is 0 Å². The van der Waals surface area contributed by atoms with Crippen LogP contribution in [0.25, 0.3) is 41.7 Å². The number of carbonyl (C=O) groups is 2. The van der Waals surface area contributed by atoms with Crippen molar-refractivity contribution < 1.29 is 9.59 Å². The van der Waals surface area contributed by atoms with Gasteiger partial charge in [0.2, 0.25) is 0 Å². The van der Waals surface area contributed by atoms with Crippen LogP contribution < -0.4 is 11.0 Å². The minimum absolute atomic E-state index is 0.0533. The summed E-state index contributed by atoms with van der Waals surface area (Å²) in [5.74, 6) is 0. The molecule has 0 spiro atoms. The second kappa shape index (κ2) is 8.37. The smallest absolute Gasteiger partial charge is 0.146 e. The van der Waals surface area contributed by atoms with E-state index in [1.165, 1.54) is 24.7 Å². The number of rotatable bonds is 7. The number of carbonyl (C=O) groups excluding carboxylic acids is 2. The van der Waals surface area contributed by atoms with Crippen LogP contribution in [0.2, 0.25) is 0 Å². The largest absolute Gasteiger partial charge is 0.354 e. The third-order valence-electron chi connectivity index (χ3n) is 4.62. The highest BCUT2D eigenvalue weighted by atomic mass is 32.1. The summed E-state index contributed by atoms with van der Waals surface area (Å²) in [4.78, 5) is 34.5. The van der Waals surface area contributed by atoms with Crippen LogP contribution in [0.4, 0.5) is 0 Å². The first-order valence-electron chi connectivity index (χ1n) is 9.02. The predicted molar refractivity (Wildman–Crippen MR) is 132 cm³/mol. The molecule has 148 valence electrons. The first-order chi connectivity index (χ1) is 14.7. The van der Waals surface area contributed by atoms with E-state index >= 15 is 0 Å². The molecule has 9 heteroatoms. The van der Waals surface area contributed by atoms with Crippen LogP contribution >= 0.6 is 39.8 Å². The maximum Gasteiger partial charge on any atom is 0.146 e. The van der Waals surface area contributed by atoms with Crippen molar-refractivity contribution in [1.29, 1.82) is 0 Å². The molecule has 5 rings (SSSR count). The summed E-state index contributed by atoms with van der Waals surface area (Å²) < 4.78 is 2.52. The van der Waals surface area contributed by atoms with E-state index in [4.69, 9.17) is 0 Å². The molecule has 5 aromatic rings. The van der Waals surface area contributed by atoms with E-state index in [-0.39, 0.29) is 17.2 Å². The fourth-order valence-corrected chi connectivity index (χ4v) is 6.56. The molecule has 2 atom stereocenters. The van der Waals surface area contributed by atoms with Crippen LogP contribution in [0.1, 0.15) is 0 Å². The number of hydrogen-bond donors (Lipinski definition) is 2. The first kappa shape index (κ1) is 19.5. The Morgan fingerprint density at radius 1 is 0.767 bits per heavy atom. The van der Waals surface area contributed by atoms with Crippen molar-refractivity contribution in [2.45, 2.75) is 0 Å². The number of benzene rings is 1. The molecular weight excluding hydrogens is 452 g/mol. The topological polar surface area (TPSA) is 78.6 Å². The van der Waals surface area contributed by atoms with Gasteiger partial charge in [0.05, 0.1) is 22.5 Å². The zero-order valence-electron chi connectivity index (χ0n) is 15.4. The Labute approximate surface area is 183 Å². The van der Waals surface area contributed by atoms with E-state index in [1.807, 2.05) is 12.1 Å². The fourth-order valence-electron chi connectivity index (χ4n) is 3.21. The number of fused-ring (bicyclic) bond motifs is 1. The summed E-state index contributed by atoms with van der Waals surface area (Å²) in [6.45, 7) is 0. The lowest BCUT2D eigenvalue weighted by atomic mass is 10.1. The zero-order chi connectivity index (χ0) is 20.5. The average molecular weight is 467 g/mol. The van der Waals surface area contributed by atoms with Crippen molar-refractivity contribution in [1.82, 2.24) is 15.0 Å². The molecule has 1 aromatic carbocycles. The van der Waals surface area contributed by atoms with E-state index < -0.39 is 0 Å². The minimum Gasteiger partial charge on any atom is -0.354 e. The first-order valence-corrected chi connectivity index (χ1v) is 12.8. The van der Waals surface area contributed by atoms with Crippen molar-refractivity contribution in [2.75, 3.05) is 0 Å². The number of nitrogens with zero attached hydrogens (tertiary/aromatic N) is 1. The van der Waals surface area contributed by atoms with Crippen LogP contribution in [0.15, 0.2) is 54.7 Å². The molecule has 30 heavy (non-hydrogen) atoms. The van der Waals surface area contributed by atoms with Gasteiger partial charge in [0.15, 0.2) is 0 Å². The van der Waals surface area contributed by atoms with Gasteiger partial charge >= 0.3 is 0 Å². The lowest BCUT2D eigenvalue weighted by Gasteiger charge is -2.01. The third kappa shape index (κ3) is 3.82. The molecule has 0 aliphatic rings. The molecule has 0 fully saturated rings. The van der Waals surface area contributed by atoms with Crippen LogP contribution in [-0.2, 0) is 9.59 Å². The Bertz CT molecular complexity index is 1320. The third-order valence-corrected chi connectivity index (χ3v) is 8.37. The lowest BCUT2D eigenvalue weighted by molar-refractivity contribution is 0.569. The zero-order valence-corrected chi connectivity index (χ0v) is 19.1. The fraction of sp³-hybridized carbons (Fsp3) is 0. The van der Waals surface area contributed by atoms with E-state index in [0.717, 1.165) is 34.4 Å². The summed E-state index contributed by atoms with van der Waals surface area (Å²) in [6.07, 6.45) is 1.77. The van der Waals surface area contributed by atoms with E-state index in [0.29, 0.717) is 5.57 Å². The van der Waals surface area contributed by atoms with Gasteiger partial charge < -0.3 is 9.97 Å². The van der Waals surface area contributed by atoms with Crippen molar-refractivity contribution in [3.05, 3.63) is 54.7 Å². The maximum atomic E-state index is 10.7. The van der Waals surface area contributed by atoms with Gasteiger partial charge in [-0.05, 0) is 44.0 Å². The molecular formula is C21H15N3O2P2S2. The Kier molecular flexibility index (Phi) is 5.45. The molecule has 2 N–H and O–H groups in total. The van der Waals surface area contributed by atoms with Crippen molar-refractivity contribution in [2.24, 2.45) is 0 Å². The molecule has 0 bridgehead atoms. The highest BCUT2D eigenvalue weighted by Gasteiger charge is 2.12. The molecule has 5 nitrogen and oxygen atoms in total. The summed E-state index contributed by atoms with van der Waals surface area (Å²) in [5, 5.41) is 0. The summed E-state index contributed by atoms with van der Waals surface area (Å²) in [7, 11) is 0.221. The SMILES string of the molecule is O=CPc1ccc(-c2cc3sc(-c4ccc(-c5cnc(PC=O)[nH]5)cc4)cc3s2)[nH]1. The van der Waals surface area contributed by atoms with Gasteiger partial charge in [-0.15, -0.1) is 22.7 Å². The number of imidazole rings is 1. The summed E-state index contributed by atoms with van der Waals surface area (Å²) in [6, 6.07) is 18.7. The number of aromatic amines is 2. The van der Waals surface area contributed by atoms with Crippen molar-refractivity contribution in [3.63, 3.8) is 0 Å². The summed E-state index contributed by atoms with van der Waals surface area (Å²) in [5.41, 5.74) is 5.88. The second-order valence-electron chi connectivity index (χ2n) is 6.48. The van der Waals surface area contributed by atoms with Gasteiger partial charge in [-0.3, -0.25) is 9.59 Å². The van der Waals surface area contributed by atoms with Gasteiger partial charge in [0.1, 0.15) is 17.6 Å². The van der Waals surface area contributed by atoms with Crippen LogP contribution in [-0.4, -0.2) is 27.0 Å². The highest BCUT2D eigenvalue weighted by molar-refractivity contribution is 7.62. The second-order valence-corrected chi connectivity index (χ2v) is 10.7. The molecule has 0 saturated heterocycles. The number of thiophene rings is 2. The molecule has 4 heterocycles. The molecule has 0 saturated carbocycles. The average Bonchev–Trinajstić information content (AvgIpc) is 3.52. The van der Waals surface area contributed by atoms with Crippen LogP contribution in [0, 0.1) is 0 Å². The number of nitrogens with one attached hydrogen (secondary N) is 2. The summed E-state index contributed by atoms with van der Waals surface area (Å²) >= 11 is 3.54. The van der Waals surface area contributed by atoms with Gasteiger partial charge in [-0.1, -0.05) is 24.3 Å². The molecule has 0 radical (unpaired) electrons. The van der Waals surface area contributed by atoms with Gasteiger partial charge in [-0.25, -0.2) is 4.98 Å². The van der Waals surface area contributed by atoms with Crippen LogP contribution in [0.3, 0.4) is 0 Å². The maximum absolute atomic E-state index is 10.7. The van der Waals surface area contributed by atoms with Crippen molar-refractivity contribution in [3.8, 4) is 32.3 Å². The molecule has 0 amide bonds. The van der Waals surface area contributed by atoms with Crippen molar-refractivity contribution >= 4 is 72.3 Å². The molecule has 2 unspecified atom stereocenters. The minimum atomic E-state index is 0.0533. The number of H-pyrrole nitrogens is 2. The monoisotopic (exact) mass is 467 g/mol. The molecule has 0 aliphatic heterocycles. The Morgan fingerprint density at radius 3 is 2.23 bits per heavy atom. The Morgan fingerprint density at radius 2 is 1.47 bits per heavy atom. The number of aromatic nitrogens is 3. The molecule has 0 aliphatic carbocycles. The van der Waals surface area contributed by atoms with E-state index in [1.54, 1.807) is 28.9 Å². The molecule has 4 aromatic heterocycles. The Hall–Kier alpha value is -2.43. The Balaban J connectivity index is 1.38. The highest BCUT2D eigenvalue weighted by Crippen LogP contribution is 2.41. The predicted octanol–water partition coefficient (Wildman–Crippen LogP) is 5.00. The number of hydrogen-bond acceptors (Lipinski definition) is 5.